The van der Waals surface area contributed by atoms with E-state index in [-0.39, 0.29) is 0 Å². The smallest absolute Gasteiger partial charge is 0.150 e. The summed E-state index contributed by atoms with van der Waals surface area (Å²) < 4.78 is 0. The number of nitrogens with zero attached hydrogens (tertiary/aromatic N) is 1. The van der Waals surface area contributed by atoms with Crippen LogP contribution in [0, 0.1) is 5.41 Å². The summed E-state index contributed by atoms with van der Waals surface area (Å²) in [7, 11) is 0. The molecule has 0 aliphatic heterocycles. The Hall–Kier alpha value is -1.68. The average molecular weight is 191 g/mol. The van der Waals surface area contributed by atoms with Crippen molar-refractivity contribution in [3.05, 3.63) is 35.4 Å². The number of hydrogen-bond acceptors (Lipinski definition) is 3. The van der Waals surface area contributed by atoms with Crippen LogP contribution in [0.25, 0.3) is 0 Å². The molecule has 0 fully saturated rings. The molecule has 1 aromatic carbocycles. The number of hydrazine groups is 1. The zero-order valence-corrected chi connectivity index (χ0v) is 8.03. The maximum Gasteiger partial charge on any atom is 0.150 e. The maximum atomic E-state index is 10.4. The summed E-state index contributed by atoms with van der Waals surface area (Å²) >= 11 is 0. The van der Waals surface area contributed by atoms with Crippen LogP contribution in [0.15, 0.2) is 24.3 Å². The Morgan fingerprint density at radius 3 is 2.50 bits per heavy atom. The van der Waals surface area contributed by atoms with Crippen molar-refractivity contribution in [1.82, 2.24) is 5.01 Å². The van der Waals surface area contributed by atoms with E-state index in [1.54, 1.807) is 19.1 Å². The van der Waals surface area contributed by atoms with Crippen LogP contribution in [0.2, 0.25) is 0 Å². The van der Waals surface area contributed by atoms with E-state index >= 15 is 0 Å². The Labute approximate surface area is 82.8 Å². The number of rotatable bonds is 3. The van der Waals surface area contributed by atoms with Crippen molar-refractivity contribution >= 4 is 12.1 Å². The Morgan fingerprint density at radius 2 is 2.07 bits per heavy atom. The Morgan fingerprint density at radius 1 is 1.50 bits per heavy atom. The Kier molecular flexibility index (Phi) is 3.36. The SMILES string of the molecule is CC(=N)N(N)Cc1ccc(C=O)cc1. The van der Waals surface area contributed by atoms with Crippen LogP contribution >= 0.6 is 0 Å². The van der Waals surface area contributed by atoms with Crippen LogP contribution < -0.4 is 5.84 Å². The van der Waals surface area contributed by atoms with Crippen molar-refractivity contribution in [2.45, 2.75) is 13.5 Å². The van der Waals surface area contributed by atoms with Gasteiger partial charge in [0.2, 0.25) is 0 Å². The summed E-state index contributed by atoms with van der Waals surface area (Å²) in [5, 5.41) is 8.62. The van der Waals surface area contributed by atoms with Gasteiger partial charge in [0.1, 0.15) is 12.1 Å². The molecule has 0 aromatic heterocycles. The first kappa shape index (κ1) is 10.4. The van der Waals surface area contributed by atoms with Crippen molar-refractivity contribution < 1.29 is 4.79 Å². The first-order chi connectivity index (χ1) is 6.63. The van der Waals surface area contributed by atoms with Gasteiger partial charge in [-0.05, 0) is 12.5 Å². The summed E-state index contributed by atoms with van der Waals surface area (Å²) in [5.41, 5.74) is 1.62. The fourth-order valence-corrected chi connectivity index (χ4v) is 1.02. The molecule has 1 aromatic rings. The van der Waals surface area contributed by atoms with Crippen LogP contribution in [-0.2, 0) is 6.54 Å². The second kappa shape index (κ2) is 4.53. The highest BCUT2D eigenvalue weighted by Crippen LogP contribution is 2.04. The van der Waals surface area contributed by atoms with E-state index in [0.717, 1.165) is 11.8 Å². The van der Waals surface area contributed by atoms with Crippen LogP contribution in [0.4, 0.5) is 0 Å². The minimum Gasteiger partial charge on any atom is -0.298 e. The molecule has 0 bridgehead atoms. The maximum absolute atomic E-state index is 10.4. The molecule has 3 N–H and O–H groups in total. The monoisotopic (exact) mass is 191 g/mol. The van der Waals surface area contributed by atoms with E-state index in [1.807, 2.05) is 12.1 Å². The van der Waals surface area contributed by atoms with Gasteiger partial charge in [-0.2, -0.15) is 0 Å². The summed E-state index contributed by atoms with van der Waals surface area (Å²) in [6.45, 7) is 2.11. The summed E-state index contributed by atoms with van der Waals surface area (Å²) in [6, 6.07) is 7.12. The first-order valence-electron chi connectivity index (χ1n) is 4.25. The minimum atomic E-state index is 0.310. The lowest BCUT2D eigenvalue weighted by Gasteiger charge is -2.16. The summed E-state index contributed by atoms with van der Waals surface area (Å²) in [4.78, 5) is 10.4. The molecule has 0 saturated carbocycles. The summed E-state index contributed by atoms with van der Waals surface area (Å²) in [5.74, 6) is 5.87. The predicted molar refractivity (Wildman–Crippen MR) is 55.0 cm³/mol. The highest BCUT2D eigenvalue weighted by Gasteiger charge is 2.00. The third-order valence-corrected chi connectivity index (χ3v) is 1.90. The van der Waals surface area contributed by atoms with E-state index in [4.69, 9.17) is 11.3 Å². The molecule has 0 spiro atoms. The lowest BCUT2D eigenvalue weighted by Crippen LogP contribution is -2.34. The number of benzene rings is 1. The number of hydrogen-bond donors (Lipinski definition) is 2. The van der Waals surface area contributed by atoms with Crippen molar-refractivity contribution in [3.8, 4) is 0 Å². The van der Waals surface area contributed by atoms with Crippen molar-refractivity contribution in [1.29, 1.82) is 5.41 Å². The molecule has 0 heterocycles. The first-order valence-corrected chi connectivity index (χ1v) is 4.25. The third kappa shape index (κ3) is 2.67. The normalized spacial score (nSPS) is 9.57. The van der Waals surface area contributed by atoms with Gasteiger partial charge < -0.3 is 0 Å². The zero-order valence-electron chi connectivity index (χ0n) is 8.03. The molecule has 0 saturated heterocycles. The number of nitrogens with two attached hydrogens (primary N) is 1. The van der Waals surface area contributed by atoms with Crippen molar-refractivity contribution in [2.24, 2.45) is 5.84 Å². The molecule has 4 heteroatoms. The Bertz CT molecular complexity index is 332. The van der Waals surface area contributed by atoms with Gasteiger partial charge in [-0.15, -0.1) is 0 Å². The lowest BCUT2D eigenvalue weighted by atomic mass is 10.1. The minimum absolute atomic E-state index is 0.310. The molecule has 14 heavy (non-hydrogen) atoms. The highest BCUT2D eigenvalue weighted by atomic mass is 16.1. The molecule has 74 valence electrons. The van der Waals surface area contributed by atoms with E-state index in [0.29, 0.717) is 17.9 Å². The number of aldehydes is 1. The van der Waals surface area contributed by atoms with E-state index in [2.05, 4.69) is 0 Å². The molecule has 0 amide bonds. The van der Waals surface area contributed by atoms with E-state index in [1.165, 1.54) is 5.01 Å². The quantitative estimate of drug-likeness (QED) is 0.248. The van der Waals surface area contributed by atoms with Crippen LogP contribution in [-0.4, -0.2) is 17.1 Å². The van der Waals surface area contributed by atoms with Gasteiger partial charge >= 0.3 is 0 Å². The molecule has 0 radical (unpaired) electrons. The molecule has 4 nitrogen and oxygen atoms in total. The van der Waals surface area contributed by atoms with Gasteiger partial charge in [-0.25, -0.2) is 5.84 Å². The fourth-order valence-electron chi connectivity index (χ4n) is 1.02. The molecular formula is C10H13N3O. The third-order valence-electron chi connectivity index (χ3n) is 1.90. The topological polar surface area (TPSA) is 70.2 Å². The van der Waals surface area contributed by atoms with Gasteiger partial charge in [-0.1, -0.05) is 24.3 Å². The van der Waals surface area contributed by atoms with Gasteiger partial charge in [0.05, 0.1) is 6.54 Å². The molecule has 0 unspecified atom stereocenters. The molecular weight excluding hydrogens is 178 g/mol. The molecule has 1 rings (SSSR count). The number of carbonyl (C=O) groups excluding carboxylic acids is 1. The van der Waals surface area contributed by atoms with Crippen molar-refractivity contribution in [3.63, 3.8) is 0 Å². The zero-order chi connectivity index (χ0) is 10.6. The second-order valence-electron chi connectivity index (χ2n) is 3.07. The van der Waals surface area contributed by atoms with Gasteiger partial charge in [-0.3, -0.25) is 15.2 Å². The van der Waals surface area contributed by atoms with Crippen LogP contribution in [0.3, 0.4) is 0 Å². The fraction of sp³-hybridized carbons (Fsp3) is 0.200. The van der Waals surface area contributed by atoms with Gasteiger partial charge in [0.15, 0.2) is 0 Å². The number of nitrogens with one attached hydrogen (secondary N) is 1. The highest BCUT2D eigenvalue weighted by molar-refractivity contribution is 5.76. The number of amidine groups is 1. The largest absolute Gasteiger partial charge is 0.298 e. The summed E-state index contributed by atoms with van der Waals surface area (Å²) in [6.07, 6.45) is 0.797. The van der Waals surface area contributed by atoms with Crippen molar-refractivity contribution in [2.75, 3.05) is 0 Å². The molecule has 0 atom stereocenters. The number of carbonyl (C=O) groups is 1. The van der Waals surface area contributed by atoms with Gasteiger partial charge in [0, 0.05) is 5.56 Å². The Balaban J connectivity index is 2.68. The molecule has 0 aliphatic rings. The van der Waals surface area contributed by atoms with Crippen LogP contribution in [0.5, 0.6) is 0 Å². The lowest BCUT2D eigenvalue weighted by molar-refractivity contribution is 0.112. The van der Waals surface area contributed by atoms with E-state index in [9.17, 15) is 4.79 Å². The standard InChI is InChI=1S/C10H13N3O/c1-8(11)13(12)6-9-2-4-10(7-14)5-3-9/h2-5,7,11H,6,12H2,1H3. The van der Waals surface area contributed by atoms with Crippen LogP contribution in [0.1, 0.15) is 22.8 Å². The van der Waals surface area contributed by atoms with Gasteiger partial charge in [0.25, 0.3) is 0 Å². The average Bonchev–Trinajstić information content (AvgIpc) is 2.19. The second-order valence-corrected chi connectivity index (χ2v) is 3.07. The molecule has 0 aliphatic carbocycles. The van der Waals surface area contributed by atoms with E-state index < -0.39 is 0 Å². The predicted octanol–water partition coefficient (Wildman–Crippen LogP) is 1.17.